The minimum absolute atomic E-state index is 0.00120. The Hall–Kier alpha value is -2.39. The highest BCUT2D eigenvalue weighted by atomic mass is 32.2. The molecule has 0 aliphatic rings. The van der Waals surface area contributed by atoms with E-state index in [0.29, 0.717) is 5.76 Å². The van der Waals surface area contributed by atoms with Crippen LogP contribution in [0.2, 0.25) is 0 Å². The quantitative estimate of drug-likeness (QED) is 0.620. The highest BCUT2D eigenvalue weighted by Gasteiger charge is 2.20. The van der Waals surface area contributed by atoms with Crippen molar-refractivity contribution in [3.63, 3.8) is 0 Å². The molecule has 1 heterocycles. The normalized spacial score (nSPS) is 11.3. The van der Waals surface area contributed by atoms with Crippen LogP contribution in [0.4, 0.5) is 11.4 Å². The van der Waals surface area contributed by atoms with Gasteiger partial charge in [-0.25, -0.2) is 13.1 Å². The highest BCUT2D eigenvalue weighted by Crippen LogP contribution is 2.26. The molecule has 0 radical (unpaired) electrons. The van der Waals surface area contributed by atoms with Crippen molar-refractivity contribution >= 4 is 21.4 Å². The van der Waals surface area contributed by atoms with Crippen molar-refractivity contribution in [3.8, 4) is 0 Å². The first-order valence-electron chi connectivity index (χ1n) is 5.92. The summed E-state index contributed by atoms with van der Waals surface area (Å²) in [4.78, 5) is 10.2. The summed E-state index contributed by atoms with van der Waals surface area (Å²) in [5.41, 5.74) is -0.0663. The number of sulfonamides is 1. The predicted molar refractivity (Wildman–Crippen MR) is 75.4 cm³/mol. The summed E-state index contributed by atoms with van der Waals surface area (Å²) in [6, 6.07) is 6.82. The Morgan fingerprint density at radius 1 is 1.33 bits per heavy atom. The Kier molecular flexibility index (Phi) is 4.24. The van der Waals surface area contributed by atoms with Crippen LogP contribution < -0.4 is 10.0 Å². The maximum absolute atomic E-state index is 12.1. The van der Waals surface area contributed by atoms with Gasteiger partial charge in [0.05, 0.1) is 22.6 Å². The van der Waals surface area contributed by atoms with Gasteiger partial charge in [0.25, 0.3) is 5.69 Å². The summed E-state index contributed by atoms with van der Waals surface area (Å²) >= 11 is 0. The Balaban J connectivity index is 2.25. The van der Waals surface area contributed by atoms with E-state index >= 15 is 0 Å². The average Bonchev–Trinajstić information content (AvgIpc) is 2.97. The summed E-state index contributed by atoms with van der Waals surface area (Å²) in [6.45, 7) is 0.00120. The maximum atomic E-state index is 12.1. The molecule has 0 aliphatic heterocycles. The average molecular weight is 311 g/mol. The van der Waals surface area contributed by atoms with Crippen LogP contribution >= 0.6 is 0 Å². The van der Waals surface area contributed by atoms with Gasteiger partial charge in [-0.15, -0.1) is 0 Å². The van der Waals surface area contributed by atoms with Gasteiger partial charge in [0.2, 0.25) is 10.0 Å². The third-order valence-corrected chi connectivity index (χ3v) is 4.16. The zero-order valence-electron chi connectivity index (χ0n) is 11.1. The Morgan fingerprint density at radius 3 is 2.67 bits per heavy atom. The number of hydrogen-bond donors (Lipinski definition) is 2. The lowest BCUT2D eigenvalue weighted by Crippen LogP contribution is -2.23. The van der Waals surface area contributed by atoms with Crippen LogP contribution in [0.25, 0.3) is 0 Å². The van der Waals surface area contributed by atoms with Crippen molar-refractivity contribution in [3.05, 3.63) is 52.5 Å². The van der Waals surface area contributed by atoms with Gasteiger partial charge < -0.3 is 9.73 Å². The number of benzene rings is 1. The largest absolute Gasteiger partial charge is 0.468 e. The highest BCUT2D eigenvalue weighted by molar-refractivity contribution is 7.89. The Labute approximate surface area is 121 Å². The molecule has 2 aromatic rings. The number of rotatable bonds is 6. The molecule has 1 aromatic carbocycles. The molecule has 0 atom stereocenters. The zero-order chi connectivity index (χ0) is 15.5. The number of anilines is 1. The van der Waals surface area contributed by atoms with Crippen LogP contribution in [0.3, 0.4) is 0 Å². The van der Waals surface area contributed by atoms with Gasteiger partial charge in [0.15, 0.2) is 0 Å². The number of nitro benzene ring substituents is 1. The van der Waals surface area contributed by atoms with E-state index in [0.717, 1.165) is 6.07 Å². The maximum Gasteiger partial charge on any atom is 0.292 e. The number of hydrogen-bond acceptors (Lipinski definition) is 6. The summed E-state index contributed by atoms with van der Waals surface area (Å²) in [5.74, 6) is 0.467. The molecule has 2 N–H and O–H groups in total. The minimum Gasteiger partial charge on any atom is -0.468 e. The van der Waals surface area contributed by atoms with Crippen LogP contribution in [0.15, 0.2) is 45.9 Å². The van der Waals surface area contributed by atoms with Gasteiger partial charge in [-0.2, -0.15) is 0 Å². The lowest BCUT2D eigenvalue weighted by Gasteiger charge is -2.08. The van der Waals surface area contributed by atoms with Crippen LogP contribution in [-0.2, 0) is 16.6 Å². The molecule has 0 bridgehead atoms. The summed E-state index contributed by atoms with van der Waals surface area (Å²) in [7, 11) is -2.30. The Bertz CT molecular complexity index is 740. The van der Waals surface area contributed by atoms with E-state index in [1.54, 1.807) is 12.1 Å². The molecule has 0 aliphatic carbocycles. The Morgan fingerprint density at radius 2 is 2.10 bits per heavy atom. The molecule has 8 nitrogen and oxygen atoms in total. The minimum atomic E-state index is -3.78. The second kappa shape index (κ2) is 5.94. The first kappa shape index (κ1) is 15.0. The number of nitro groups is 1. The molecule has 0 saturated carbocycles. The van der Waals surface area contributed by atoms with E-state index in [-0.39, 0.29) is 22.8 Å². The SMILES string of the molecule is CNc1cc(S(=O)(=O)NCc2ccco2)ccc1[N+](=O)[O-]. The third kappa shape index (κ3) is 3.38. The van der Waals surface area contributed by atoms with Crippen molar-refractivity contribution in [1.82, 2.24) is 4.72 Å². The van der Waals surface area contributed by atoms with Crippen molar-refractivity contribution in [2.45, 2.75) is 11.4 Å². The number of furan rings is 1. The van der Waals surface area contributed by atoms with Gasteiger partial charge in [-0.3, -0.25) is 10.1 Å². The van der Waals surface area contributed by atoms with E-state index in [9.17, 15) is 18.5 Å². The molecule has 1 aromatic heterocycles. The fourth-order valence-corrected chi connectivity index (χ4v) is 2.72. The molecule has 9 heteroatoms. The molecule has 2 rings (SSSR count). The summed E-state index contributed by atoms with van der Waals surface area (Å²) in [6.07, 6.45) is 1.44. The molecule has 0 unspecified atom stereocenters. The van der Waals surface area contributed by atoms with E-state index in [4.69, 9.17) is 4.42 Å². The second-order valence-corrected chi connectivity index (χ2v) is 5.86. The smallest absolute Gasteiger partial charge is 0.292 e. The number of nitrogens with zero attached hydrogens (tertiary/aromatic N) is 1. The van der Waals surface area contributed by atoms with E-state index in [1.165, 1.54) is 25.4 Å². The van der Waals surface area contributed by atoms with E-state index in [2.05, 4.69) is 10.0 Å². The predicted octanol–water partition coefficient (Wildman–Crippen LogP) is 1.71. The first-order chi connectivity index (χ1) is 9.94. The first-order valence-corrected chi connectivity index (χ1v) is 7.40. The third-order valence-electron chi connectivity index (χ3n) is 2.76. The van der Waals surface area contributed by atoms with Gasteiger partial charge >= 0.3 is 0 Å². The molecule has 0 fully saturated rings. The van der Waals surface area contributed by atoms with Crippen LogP contribution in [0.1, 0.15) is 5.76 Å². The van der Waals surface area contributed by atoms with E-state index in [1.807, 2.05) is 0 Å². The topological polar surface area (TPSA) is 114 Å². The van der Waals surface area contributed by atoms with Gasteiger partial charge in [0, 0.05) is 13.1 Å². The lowest BCUT2D eigenvalue weighted by molar-refractivity contribution is -0.384. The zero-order valence-corrected chi connectivity index (χ0v) is 11.9. The molecule has 0 spiro atoms. The van der Waals surface area contributed by atoms with E-state index < -0.39 is 14.9 Å². The summed E-state index contributed by atoms with van der Waals surface area (Å²) < 4.78 is 31.6. The van der Waals surface area contributed by atoms with Crippen LogP contribution in [-0.4, -0.2) is 20.4 Å². The molecular weight excluding hydrogens is 298 g/mol. The number of nitrogens with one attached hydrogen (secondary N) is 2. The van der Waals surface area contributed by atoms with Crippen molar-refractivity contribution in [2.24, 2.45) is 0 Å². The van der Waals surface area contributed by atoms with Gasteiger partial charge in [-0.1, -0.05) is 0 Å². The summed E-state index contributed by atoms with van der Waals surface area (Å²) in [5, 5.41) is 13.4. The van der Waals surface area contributed by atoms with Gasteiger partial charge in [0.1, 0.15) is 11.4 Å². The van der Waals surface area contributed by atoms with Crippen molar-refractivity contribution in [1.29, 1.82) is 0 Å². The van der Waals surface area contributed by atoms with Gasteiger partial charge in [-0.05, 0) is 24.3 Å². The van der Waals surface area contributed by atoms with Crippen molar-refractivity contribution < 1.29 is 17.8 Å². The molecule has 0 amide bonds. The fourth-order valence-electron chi connectivity index (χ4n) is 1.70. The fraction of sp³-hybridized carbons (Fsp3) is 0.167. The molecule has 21 heavy (non-hydrogen) atoms. The molecular formula is C12H13N3O5S. The van der Waals surface area contributed by atoms with Crippen LogP contribution in [0.5, 0.6) is 0 Å². The molecule has 0 saturated heterocycles. The second-order valence-electron chi connectivity index (χ2n) is 4.09. The van der Waals surface area contributed by atoms with Crippen molar-refractivity contribution in [2.75, 3.05) is 12.4 Å². The standard InChI is InChI=1S/C12H13N3O5S/c1-13-11-7-10(4-5-12(11)15(16)17)21(18,19)14-8-9-3-2-6-20-9/h2-7,13-14H,8H2,1H3. The van der Waals surface area contributed by atoms with Crippen LogP contribution in [0, 0.1) is 10.1 Å². The molecule has 112 valence electrons. The monoisotopic (exact) mass is 311 g/mol. The lowest BCUT2D eigenvalue weighted by atomic mass is 10.3.